The fourth-order valence-corrected chi connectivity index (χ4v) is 1.57. The lowest BCUT2D eigenvalue weighted by atomic mass is 10.1. The normalized spacial score (nSPS) is 16.7. The lowest BCUT2D eigenvalue weighted by Gasteiger charge is -2.38. The predicted octanol–water partition coefficient (Wildman–Crippen LogP) is 1.47. The van der Waals surface area contributed by atoms with Gasteiger partial charge < -0.3 is 14.7 Å². The number of nitrogens with zero attached hydrogens (tertiary/aromatic N) is 1. The number of para-hydroxylation sites is 2. The van der Waals surface area contributed by atoms with Gasteiger partial charge in [-0.05, 0) is 12.1 Å². The van der Waals surface area contributed by atoms with Crippen molar-refractivity contribution in [3.8, 4) is 5.75 Å². The van der Waals surface area contributed by atoms with Crippen molar-refractivity contribution in [1.82, 2.24) is 0 Å². The van der Waals surface area contributed by atoms with Crippen LogP contribution in [0.2, 0.25) is 0 Å². The van der Waals surface area contributed by atoms with Crippen LogP contribution in [0.3, 0.4) is 0 Å². The standard InChI is InChI=1S/C10H11F2NO2/c11-10(12)15-9-4-2-1-3-8(9)13-5-7(14)6-13/h1-4,7,10,14H,5-6H2. The third-order valence-corrected chi connectivity index (χ3v) is 2.28. The lowest BCUT2D eigenvalue weighted by molar-refractivity contribution is -0.0496. The van der Waals surface area contributed by atoms with Crippen LogP contribution in [0.4, 0.5) is 14.5 Å². The van der Waals surface area contributed by atoms with Crippen molar-refractivity contribution >= 4 is 5.69 Å². The second kappa shape index (κ2) is 4.02. The Balaban J connectivity index is 2.15. The van der Waals surface area contributed by atoms with E-state index in [9.17, 15) is 8.78 Å². The summed E-state index contributed by atoms with van der Waals surface area (Å²) in [7, 11) is 0. The Morgan fingerprint density at radius 3 is 2.60 bits per heavy atom. The summed E-state index contributed by atoms with van der Waals surface area (Å²) < 4.78 is 28.5. The van der Waals surface area contributed by atoms with E-state index in [1.807, 2.05) is 0 Å². The average molecular weight is 215 g/mol. The van der Waals surface area contributed by atoms with Crippen molar-refractivity contribution in [2.24, 2.45) is 0 Å². The maximum atomic E-state index is 12.1. The zero-order valence-corrected chi connectivity index (χ0v) is 7.94. The van der Waals surface area contributed by atoms with Gasteiger partial charge in [0.15, 0.2) is 0 Å². The first-order valence-corrected chi connectivity index (χ1v) is 4.63. The molecule has 1 aromatic carbocycles. The van der Waals surface area contributed by atoms with E-state index in [2.05, 4.69) is 4.74 Å². The van der Waals surface area contributed by atoms with Gasteiger partial charge in [0.1, 0.15) is 5.75 Å². The maximum absolute atomic E-state index is 12.1. The Morgan fingerprint density at radius 2 is 2.00 bits per heavy atom. The second-order valence-corrected chi connectivity index (χ2v) is 3.41. The van der Waals surface area contributed by atoms with Gasteiger partial charge in [-0.15, -0.1) is 0 Å². The molecule has 0 atom stereocenters. The van der Waals surface area contributed by atoms with Crippen LogP contribution in [0.15, 0.2) is 24.3 Å². The Kier molecular flexibility index (Phi) is 2.73. The molecule has 1 fully saturated rings. The van der Waals surface area contributed by atoms with E-state index in [4.69, 9.17) is 5.11 Å². The predicted molar refractivity (Wildman–Crippen MR) is 51.3 cm³/mol. The van der Waals surface area contributed by atoms with Crippen LogP contribution in [0.1, 0.15) is 0 Å². The first kappa shape index (κ1) is 10.2. The molecule has 0 aliphatic carbocycles. The van der Waals surface area contributed by atoms with E-state index < -0.39 is 6.61 Å². The fourth-order valence-electron chi connectivity index (χ4n) is 1.57. The van der Waals surface area contributed by atoms with Gasteiger partial charge in [-0.3, -0.25) is 0 Å². The van der Waals surface area contributed by atoms with Crippen LogP contribution in [-0.4, -0.2) is 30.9 Å². The second-order valence-electron chi connectivity index (χ2n) is 3.41. The van der Waals surface area contributed by atoms with E-state index in [-0.39, 0.29) is 11.9 Å². The zero-order chi connectivity index (χ0) is 10.8. The van der Waals surface area contributed by atoms with Crippen molar-refractivity contribution < 1.29 is 18.6 Å². The summed E-state index contributed by atoms with van der Waals surface area (Å²) in [6.07, 6.45) is -0.371. The monoisotopic (exact) mass is 215 g/mol. The number of rotatable bonds is 3. The van der Waals surface area contributed by atoms with Crippen molar-refractivity contribution in [2.45, 2.75) is 12.7 Å². The minimum atomic E-state index is -2.82. The van der Waals surface area contributed by atoms with E-state index in [0.29, 0.717) is 18.8 Å². The van der Waals surface area contributed by atoms with Crippen LogP contribution >= 0.6 is 0 Å². The van der Waals surface area contributed by atoms with Crippen molar-refractivity contribution in [3.63, 3.8) is 0 Å². The summed E-state index contributed by atoms with van der Waals surface area (Å²) in [6, 6.07) is 6.57. The van der Waals surface area contributed by atoms with Gasteiger partial charge in [0, 0.05) is 13.1 Å². The molecule has 0 radical (unpaired) electrons. The smallest absolute Gasteiger partial charge is 0.387 e. The average Bonchev–Trinajstić information content (AvgIpc) is 2.13. The molecule has 0 aromatic heterocycles. The molecule has 3 nitrogen and oxygen atoms in total. The molecule has 1 aliphatic heterocycles. The zero-order valence-electron chi connectivity index (χ0n) is 7.94. The van der Waals surface area contributed by atoms with Gasteiger partial charge >= 0.3 is 6.61 Å². The van der Waals surface area contributed by atoms with Crippen LogP contribution in [-0.2, 0) is 0 Å². The molecular formula is C10H11F2NO2. The molecule has 1 saturated heterocycles. The number of alkyl halides is 2. The van der Waals surface area contributed by atoms with Gasteiger partial charge in [0.25, 0.3) is 0 Å². The molecule has 1 aromatic rings. The van der Waals surface area contributed by atoms with E-state index in [0.717, 1.165) is 0 Å². The molecule has 15 heavy (non-hydrogen) atoms. The number of aliphatic hydroxyl groups excluding tert-OH is 1. The maximum Gasteiger partial charge on any atom is 0.387 e. The number of hydrogen-bond acceptors (Lipinski definition) is 3. The number of benzene rings is 1. The minimum Gasteiger partial charge on any atom is -0.433 e. The quantitative estimate of drug-likeness (QED) is 0.828. The van der Waals surface area contributed by atoms with Crippen molar-refractivity contribution in [2.75, 3.05) is 18.0 Å². The number of halogens is 2. The number of aliphatic hydroxyl groups is 1. The molecule has 0 amide bonds. The van der Waals surface area contributed by atoms with Crippen LogP contribution in [0, 0.1) is 0 Å². The Bertz CT molecular complexity index is 340. The summed E-state index contributed by atoms with van der Waals surface area (Å²) in [5, 5.41) is 9.12. The van der Waals surface area contributed by atoms with Crippen LogP contribution < -0.4 is 9.64 Å². The Hall–Kier alpha value is -1.36. The Morgan fingerprint density at radius 1 is 1.33 bits per heavy atom. The fraction of sp³-hybridized carbons (Fsp3) is 0.400. The first-order chi connectivity index (χ1) is 7.16. The SMILES string of the molecule is OC1CN(c2ccccc2OC(F)F)C1. The highest BCUT2D eigenvalue weighted by Crippen LogP contribution is 2.32. The summed E-state index contributed by atoms with van der Waals surface area (Å²) in [5.41, 5.74) is 0.600. The van der Waals surface area contributed by atoms with Gasteiger partial charge in [0.05, 0.1) is 11.8 Å². The lowest BCUT2D eigenvalue weighted by Crippen LogP contribution is -2.50. The molecule has 0 bridgehead atoms. The Labute approximate surface area is 85.9 Å². The molecule has 1 N–H and O–H groups in total. The van der Waals surface area contributed by atoms with Gasteiger partial charge in [-0.2, -0.15) is 8.78 Å². The van der Waals surface area contributed by atoms with Gasteiger partial charge in [-0.1, -0.05) is 12.1 Å². The first-order valence-electron chi connectivity index (χ1n) is 4.63. The summed E-state index contributed by atoms with van der Waals surface area (Å²) in [4.78, 5) is 1.79. The summed E-state index contributed by atoms with van der Waals surface area (Å²) >= 11 is 0. The minimum absolute atomic E-state index is 0.152. The third kappa shape index (κ3) is 2.18. The number of ether oxygens (including phenoxy) is 1. The van der Waals surface area contributed by atoms with E-state index >= 15 is 0 Å². The van der Waals surface area contributed by atoms with E-state index in [1.54, 1.807) is 23.1 Å². The molecule has 0 saturated carbocycles. The molecule has 0 spiro atoms. The number of hydrogen-bond donors (Lipinski definition) is 1. The molecule has 0 unspecified atom stereocenters. The highest BCUT2D eigenvalue weighted by atomic mass is 19.3. The molecular weight excluding hydrogens is 204 g/mol. The molecule has 82 valence electrons. The van der Waals surface area contributed by atoms with Gasteiger partial charge in [-0.25, -0.2) is 0 Å². The largest absolute Gasteiger partial charge is 0.433 e. The van der Waals surface area contributed by atoms with Crippen molar-refractivity contribution in [1.29, 1.82) is 0 Å². The van der Waals surface area contributed by atoms with Crippen LogP contribution in [0.25, 0.3) is 0 Å². The molecule has 1 heterocycles. The number of β-amino-alcohol motifs (C(OH)–C–C–N with tert-alkyl or cyclic N) is 1. The molecule has 2 rings (SSSR count). The highest BCUT2D eigenvalue weighted by Gasteiger charge is 2.27. The molecule has 5 heteroatoms. The highest BCUT2D eigenvalue weighted by molar-refractivity contribution is 5.60. The third-order valence-electron chi connectivity index (χ3n) is 2.28. The topological polar surface area (TPSA) is 32.7 Å². The number of anilines is 1. The van der Waals surface area contributed by atoms with Crippen LogP contribution in [0.5, 0.6) is 5.75 Å². The summed E-state index contributed by atoms with van der Waals surface area (Å²) in [6.45, 7) is -1.90. The van der Waals surface area contributed by atoms with Crippen molar-refractivity contribution in [3.05, 3.63) is 24.3 Å². The summed E-state index contributed by atoms with van der Waals surface area (Å²) in [5.74, 6) is 0.152. The molecule has 1 aliphatic rings. The van der Waals surface area contributed by atoms with Gasteiger partial charge in [0.2, 0.25) is 0 Å². The van der Waals surface area contributed by atoms with E-state index in [1.165, 1.54) is 6.07 Å².